The summed E-state index contributed by atoms with van der Waals surface area (Å²) in [5, 5.41) is 0. The van der Waals surface area contributed by atoms with E-state index in [9.17, 15) is 0 Å². The molecule has 0 radical (unpaired) electrons. The summed E-state index contributed by atoms with van der Waals surface area (Å²) >= 11 is 0. The molecule has 2 rings (SSSR count). The average molecular weight is 248 g/mol. The van der Waals surface area contributed by atoms with Crippen molar-refractivity contribution in [2.75, 3.05) is 0 Å². The highest BCUT2D eigenvalue weighted by molar-refractivity contribution is 5.25. The third-order valence-electron chi connectivity index (χ3n) is 3.69. The highest BCUT2D eigenvalue weighted by Gasteiger charge is 2.33. The second-order valence-corrected chi connectivity index (χ2v) is 6.32. The standard InChI is InChI=1S/C15H24N2O/c1-11-7-13(9-15(2,3)8-11)18-14-12(10-16)5-4-6-17-14/h4-6,11,13H,7-10,16H2,1-3H3. The van der Waals surface area contributed by atoms with Gasteiger partial charge in [-0.3, -0.25) is 0 Å². The summed E-state index contributed by atoms with van der Waals surface area (Å²) in [5.41, 5.74) is 7.07. The molecule has 1 fully saturated rings. The third kappa shape index (κ3) is 3.22. The third-order valence-corrected chi connectivity index (χ3v) is 3.69. The maximum atomic E-state index is 6.09. The van der Waals surface area contributed by atoms with Crippen LogP contribution in [0.3, 0.4) is 0 Å². The summed E-state index contributed by atoms with van der Waals surface area (Å²) in [4.78, 5) is 4.31. The Bertz CT molecular complexity index is 403. The lowest BCUT2D eigenvalue weighted by molar-refractivity contribution is 0.0526. The van der Waals surface area contributed by atoms with Gasteiger partial charge in [0.25, 0.3) is 0 Å². The molecule has 1 aliphatic rings. The van der Waals surface area contributed by atoms with Gasteiger partial charge in [0.1, 0.15) is 6.10 Å². The number of aromatic nitrogens is 1. The minimum Gasteiger partial charge on any atom is -0.474 e. The fraction of sp³-hybridized carbons (Fsp3) is 0.667. The van der Waals surface area contributed by atoms with Crippen LogP contribution in [0, 0.1) is 11.3 Å². The lowest BCUT2D eigenvalue weighted by atomic mass is 9.71. The molecule has 0 aliphatic heterocycles. The summed E-state index contributed by atoms with van der Waals surface area (Å²) in [5.74, 6) is 1.43. The molecule has 0 aromatic carbocycles. The van der Waals surface area contributed by atoms with Gasteiger partial charge in [0.2, 0.25) is 5.88 Å². The molecule has 2 unspecified atom stereocenters. The smallest absolute Gasteiger partial charge is 0.218 e. The van der Waals surface area contributed by atoms with Crippen LogP contribution < -0.4 is 10.5 Å². The average Bonchev–Trinajstić information content (AvgIpc) is 2.27. The van der Waals surface area contributed by atoms with Gasteiger partial charge in [-0.2, -0.15) is 0 Å². The van der Waals surface area contributed by atoms with Crippen LogP contribution in [0.4, 0.5) is 0 Å². The van der Waals surface area contributed by atoms with Crippen molar-refractivity contribution in [2.45, 2.75) is 52.7 Å². The molecule has 18 heavy (non-hydrogen) atoms. The van der Waals surface area contributed by atoms with Crippen molar-refractivity contribution in [3.05, 3.63) is 23.9 Å². The van der Waals surface area contributed by atoms with Crippen LogP contribution in [0.2, 0.25) is 0 Å². The zero-order chi connectivity index (χ0) is 13.2. The Balaban J connectivity index is 2.09. The molecule has 3 heteroatoms. The van der Waals surface area contributed by atoms with E-state index >= 15 is 0 Å². The Labute approximate surface area is 110 Å². The number of nitrogens with zero attached hydrogens (tertiary/aromatic N) is 1. The summed E-state index contributed by atoms with van der Waals surface area (Å²) in [6.45, 7) is 7.43. The molecule has 100 valence electrons. The Morgan fingerprint density at radius 2 is 2.22 bits per heavy atom. The van der Waals surface area contributed by atoms with Crippen molar-refractivity contribution in [1.29, 1.82) is 0 Å². The van der Waals surface area contributed by atoms with Crippen molar-refractivity contribution >= 4 is 0 Å². The van der Waals surface area contributed by atoms with E-state index in [2.05, 4.69) is 25.8 Å². The second-order valence-electron chi connectivity index (χ2n) is 6.32. The zero-order valence-corrected chi connectivity index (χ0v) is 11.6. The topological polar surface area (TPSA) is 48.1 Å². The normalized spacial score (nSPS) is 26.9. The number of pyridine rings is 1. The van der Waals surface area contributed by atoms with Crippen LogP contribution in [0.15, 0.2) is 18.3 Å². The van der Waals surface area contributed by atoms with E-state index < -0.39 is 0 Å². The van der Waals surface area contributed by atoms with Crippen LogP contribution in [-0.4, -0.2) is 11.1 Å². The number of ether oxygens (including phenoxy) is 1. The first-order valence-corrected chi connectivity index (χ1v) is 6.81. The monoisotopic (exact) mass is 248 g/mol. The maximum Gasteiger partial charge on any atom is 0.218 e. The molecule has 0 amide bonds. The van der Waals surface area contributed by atoms with Gasteiger partial charge in [-0.15, -0.1) is 0 Å². The molecule has 1 saturated carbocycles. The van der Waals surface area contributed by atoms with Gasteiger partial charge in [0, 0.05) is 18.3 Å². The SMILES string of the molecule is CC1CC(Oc2ncccc2CN)CC(C)(C)C1. The van der Waals surface area contributed by atoms with Crippen molar-refractivity contribution in [1.82, 2.24) is 4.98 Å². The first kappa shape index (κ1) is 13.3. The van der Waals surface area contributed by atoms with Crippen LogP contribution in [-0.2, 0) is 6.54 Å². The predicted octanol–water partition coefficient (Wildman–Crippen LogP) is 3.13. The minimum absolute atomic E-state index is 0.268. The van der Waals surface area contributed by atoms with Gasteiger partial charge in [0.05, 0.1) is 0 Å². The van der Waals surface area contributed by atoms with E-state index in [1.54, 1.807) is 6.20 Å². The highest BCUT2D eigenvalue weighted by atomic mass is 16.5. The lowest BCUT2D eigenvalue weighted by Gasteiger charge is -2.38. The molecule has 2 N–H and O–H groups in total. The molecule has 0 spiro atoms. The molecular formula is C15H24N2O. The Morgan fingerprint density at radius 3 is 2.89 bits per heavy atom. The Kier molecular flexibility index (Phi) is 3.91. The Hall–Kier alpha value is -1.09. The summed E-state index contributed by atoms with van der Waals surface area (Å²) in [6.07, 6.45) is 5.52. The van der Waals surface area contributed by atoms with Crippen LogP contribution in [0.5, 0.6) is 5.88 Å². The van der Waals surface area contributed by atoms with Gasteiger partial charge in [0.15, 0.2) is 0 Å². The zero-order valence-electron chi connectivity index (χ0n) is 11.6. The fourth-order valence-corrected chi connectivity index (χ4v) is 3.19. The van der Waals surface area contributed by atoms with Gasteiger partial charge in [-0.1, -0.05) is 26.8 Å². The van der Waals surface area contributed by atoms with E-state index in [1.807, 2.05) is 12.1 Å². The second kappa shape index (κ2) is 5.27. The Morgan fingerprint density at radius 1 is 1.44 bits per heavy atom. The molecule has 2 atom stereocenters. The highest BCUT2D eigenvalue weighted by Crippen LogP contribution is 2.40. The molecule has 0 saturated heterocycles. The van der Waals surface area contributed by atoms with Crippen LogP contribution in [0.25, 0.3) is 0 Å². The number of rotatable bonds is 3. The van der Waals surface area contributed by atoms with E-state index in [1.165, 1.54) is 6.42 Å². The molecule has 1 aliphatic carbocycles. The number of nitrogens with two attached hydrogens (primary N) is 1. The summed E-state index contributed by atoms with van der Waals surface area (Å²) < 4.78 is 6.09. The van der Waals surface area contributed by atoms with Crippen molar-refractivity contribution < 1.29 is 4.74 Å². The molecule has 0 bridgehead atoms. The first-order valence-electron chi connectivity index (χ1n) is 6.81. The fourth-order valence-electron chi connectivity index (χ4n) is 3.19. The van der Waals surface area contributed by atoms with Gasteiger partial charge in [-0.25, -0.2) is 4.98 Å². The van der Waals surface area contributed by atoms with Gasteiger partial charge in [-0.05, 0) is 36.7 Å². The molecule has 1 aromatic rings. The van der Waals surface area contributed by atoms with E-state index in [0.717, 1.165) is 24.3 Å². The summed E-state index contributed by atoms with van der Waals surface area (Å²) in [6, 6.07) is 3.89. The van der Waals surface area contributed by atoms with Crippen LogP contribution in [0.1, 0.15) is 45.6 Å². The van der Waals surface area contributed by atoms with E-state index in [0.29, 0.717) is 17.9 Å². The number of hydrogen-bond donors (Lipinski definition) is 1. The predicted molar refractivity (Wildman–Crippen MR) is 73.3 cm³/mol. The molecular weight excluding hydrogens is 224 g/mol. The largest absolute Gasteiger partial charge is 0.474 e. The number of hydrogen-bond acceptors (Lipinski definition) is 3. The van der Waals surface area contributed by atoms with Crippen molar-refractivity contribution in [3.63, 3.8) is 0 Å². The van der Waals surface area contributed by atoms with Crippen molar-refractivity contribution in [3.8, 4) is 5.88 Å². The van der Waals surface area contributed by atoms with Crippen LogP contribution >= 0.6 is 0 Å². The van der Waals surface area contributed by atoms with Crippen molar-refractivity contribution in [2.24, 2.45) is 17.1 Å². The molecule has 3 nitrogen and oxygen atoms in total. The van der Waals surface area contributed by atoms with Gasteiger partial charge < -0.3 is 10.5 Å². The van der Waals surface area contributed by atoms with Gasteiger partial charge >= 0.3 is 0 Å². The first-order chi connectivity index (χ1) is 8.50. The van der Waals surface area contributed by atoms with E-state index in [-0.39, 0.29) is 6.10 Å². The maximum absolute atomic E-state index is 6.09. The quantitative estimate of drug-likeness (QED) is 0.894. The van der Waals surface area contributed by atoms with E-state index in [4.69, 9.17) is 10.5 Å². The minimum atomic E-state index is 0.268. The lowest BCUT2D eigenvalue weighted by Crippen LogP contribution is -2.34. The molecule has 1 aromatic heterocycles. The molecule has 1 heterocycles. The summed E-state index contributed by atoms with van der Waals surface area (Å²) in [7, 11) is 0.